The van der Waals surface area contributed by atoms with Crippen molar-refractivity contribution in [3.8, 4) is 0 Å². The van der Waals surface area contributed by atoms with E-state index in [0.717, 1.165) is 0 Å². The van der Waals surface area contributed by atoms with Crippen LogP contribution in [0.25, 0.3) is 0 Å². The average Bonchev–Trinajstić information content (AvgIpc) is 2.01. The smallest absolute Gasteiger partial charge is 0.282 e. The Balaban J connectivity index is 4.43. The second kappa shape index (κ2) is 4.76. The molecule has 1 nitrogen and oxygen atoms in total. The molecule has 0 radical (unpaired) electrons. The van der Waals surface area contributed by atoms with E-state index in [2.05, 4.69) is 4.74 Å². The molecule has 9 heteroatoms. The first-order chi connectivity index (χ1) is 6.19. The Morgan fingerprint density at radius 2 is 1.29 bits per heavy atom. The SMILES string of the molecule is FC(F)OC(F)C(F)(F)C(F)C(F)F. The van der Waals surface area contributed by atoms with Crippen molar-refractivity contribution in [3.05, 3.63) is 0 Å². The summed E-state index contributed by atoms with van der Waals surface area (Å²) >= 11 is 0. The van der Waals surface area contributed by atoms with Crippen LogP contribution < -0.4 is 0 Å². The molecule has 0 spiro atoms. The van der Waals surface area contributed by atoms with E-state index in [-0.39, 0.29) is 0 Å². The molecule has 0 amide bonds. The molecular formula is C5H4F8O. The van der Waals surface area contributed by atoms with Gasteiger partial charge in [0.2, 0.25) is 6.17 Å². The molecule has 0 aliphatic heterocycles. The lowest BCUT2D eigenvalue weighted by molar-refractivity contribution is -0.294. The van der Waals surface area contributed by atoms with Crippen LogP contribution in [0.1, 0.15) is 0 Å². The molecule has 2 atom stereocenters. The Hall–Kier alpha value is -0.600. The summed E-state index contributed by atoms with van der Waals surface area (Å²) in [6.07, 6.45) is -12.5. The van der Waals surface area contributed by atoms with E-state index in [1.54, 1.807) is 0 Å². The predicted octanol–water partition coefficient (Wildman–Crippen LogP) is 2.76. The fourth-order valence-corrected chi connectivity index (χ4v) is 0.474. The van der Waals surface area contributed by atoms with Crippen LogP contribution in [-0.2, 0) is 4.74 Å². The molecule has 0 heterocycles. The molecule has 0 bridgehead atoms. The Morgan fingerprint density at radius 3 is 1.57 bits per heavy atom. The third kappa shape index (κ3) is 3.28. The van der Waals surface area contributed by atoms with E-state index in [1.165, 1.54) is 0 Å². The number of alkyl halides is 8. The van der Waals surface area contributed by atoms with E-state index in [9.17, 15) is 35.1 Å². The van der Waals surface area contributed by atoms with Crippen LogP contribution in [0.2, 0.25) is 0 Å². The molecule has 0 saturated heterocycles. The van der Waals surface area contributed by atoms with Gasteiger partial charge >= 0.3 is 12.5 Å². The zero-order valence-electron chi connectivity index (χ0n) is 6.24. The predicted molar refractivity (Wildman–Crippen MR) is 27.8 cm³/mol. The average molecular weight is 232 g/mol. The summed E-state index contributed by atoms with van der Waals surface area (Å²) in [5, 5.41) is 0. The molecule has 0 aromatic carbocycles. The minimum Gasteiger partial charge on any atom is -0.282 e. The summed E-state index contributed by atoms with van der Waals surface area (Å²) in [5.74, 6) is -5.31. The van der Waals surface area contributed by atoms with E-state index >= 15 is 0 Å². The van der Waals surface area contributed by atoms with Crippen molar-refractivity contribution in [1.82, 2.24) is 0 Å². The molecule has 2 unspecified atom stereocenters. The first kappa shape index (κ1) is 13.4. The molecule has 0 aromatic rings. The Labute approximate surface area is 72.6 Å². The van der Waals surface area contributed by atoms with Gasteiger partial charge in [0.1, 0.15) is 0 Å². The lowest BCUT2D eigenvalue weighted by Gasteiger charge is -2.22. The van der Waals surface area contributed by atoms with Gasteiger partial charge in [-0.25, -0.2) is 17.6 Å². The number of rotatable bonds is 5. The van der Waals surface area contributed by atoms with Crippen LogP contribution in [-0.4, -0.2) is 31.5 Å². The van der Waals surface area contributed by atoms with Gasteiger partial charge in [0, 0.05) is 0 Å². The van der Waals surface area contributed by atoms with Gasteiger partial charge in [0.15, 0.2) is 0 Å². The third-order valence-corrected chi connectivity index (χ3v) is 1.11. The standard InChI is InChI=1S/C5H4F8O/c6-1(2(7)8)5(12,13)3(9)14-4(10)11/h1-4H. The topological polar surface area (TPSA) is 9.23 Å². The van der Waals surface area contributed by atoms with Crippen LogP contribution >= 0.6 is 0 Å². The summed E-state index contributed by atoms with van der Waals surface area (Å²) in [7, 11) is 0. The molecule has 0 N–H and O–H groups in total. The van der Waals surface area contributed by atoms with E-state index < -0.39 is 31.5 Å². The van der Waals surface area contributed by atoms with Crippen LogP contribution in [0.4, 0.5) is 35.1 Å². The number of hydrogen-bond donors (Lipinski definition) is 0. The van der Waals surface area contributed by atoms with Gasteiger partial charge in [-0.15, -0.1) is 0 Å². The van der Waals surface area contributed by atoms with Crippen molar-refractivity contribution in [2.75, 3.05) is 0 Å². The molecule has 0 saturated carbocycles. The lowest BCUT2D eigenvalue weighted by atomic mass is 10.2. The van der Waals surface area contributed by atoms with E-state index in [1.807, 2.05) is 0 Å². The number of ether oxygens (including phenoxy) is 1. The van der Waals surface area contributed by atoms with Gasteiger partial charge in [-0.2, -0.15) is 17.6 Å². The highest BCUT2D eigenvalue weighted by Gasteiger charge is 2.54. The summed E-state index contributed by atoms with van der Waals surface area (Å²) in [6, 6.07) is 0. The molecule has 0 aliphatic rings. The van der Waals surface area contributed by atoms with Crippen LogP contribution in [0.15, 0.2) is 0 Å². The van der Waals surface area contributed by atoms with Crippen molar-refractivity contribution < 1.29 is 39.9 Å². The zero-order chi connectivity index (χ0) is 11.5. The Kier molecular flexibility index (Phi) is 4.56. The normalized spacial score (nSPS) is 17.6. The molecule has 0 rings (SSSR count). The van der Waals surface area contributed by atoms with Gasteiger partial charge in [-0.3, -0.25) is 4.74 Å². The van der Waals surface area contributed by atoms with Gasteiger partial charge in [0.25, 0.3) is 12.8 Å². The molecule has 0 aromatic heterocycles. The summed E-state index contributed by atoms with van der Waals surface area (Å²) in [6.45, 7) is -3.94. The second-order valence-electron chi connectivity index (χ2n) is 2.12. The number of hydrogen-bond acceptors (Lipinski definition) is 1. The maximum atomic E-state index is 12.1. The lowest BCUT2D eigenvalue weighted by Crippen LogP contribution is -2.45. The number of halogens is 8. The van der Waals surface area contributed by atoms with Gasteiger partial charge < -0.3 is 0 Å². The minimum atomic E-state index is -5.31. The van der Waals surface area contributed by atoms with Crippen molar-refractivity contribution in [2.24, 2.45) is 0 Å². The monoisotopic (exact) mass is 232 g/mol. The first-order valence-corrected chi connectivity index (χ1v) is 3.07. The van der Waals surface area contributed by atoms with Crippen molar-refractivity contribution in [3.63, 3.8) is 0 Å². The third-order valence-electron chi connectivity index (χ3n) is 1.11. The van der Waals surface area contributed by atoms with Crippen LogP contribution in [0.3, 0.4) is 0 Å². The minimum absolute atomic E-state index is 2.56. The maximum Gasteiger partial charge on any atom is 0.347 e. The summed E-state index contributed by atoms with van der Waals surface area (Å²) < 4.78 is 95.8. The van der Waals surface area contributed by atoms with E-state index in [0.29, 0.717) is 0 Å². The Morgan fingerprint density at radius 1 is 0.857 bits per heavy atom. The van der Waals surface area contributed by atoms with Gasteiger partial charge in [-0.1, -0.05) is 0 Å². The second-order valence-corrected chi connectivity index (χ2v) is 2.12. The highest BCUT2D eigenvalue weighted by Crippen LogP contribution is 2.33. The van der Waals surface area contributed by atoms with Crippen LogP contribution in [0, 0.1) is 0 Å². The molecule has 0 fully saturated rings. The van der Waals surface area contributed by atoms with Crippen molar-refractivity contribution in [2.45, 2.75) is 31.5 Å². The largest absolute Gasteiger partial charge is 0.347 e. The quantitative estimate of drug-likeness (QED) is 0.662. The first-order valence-electron chi connectivity index (χ1n) is 3.07. The fraction of sp³-hybridized carbons (Fsp3) is 1.00. The van der Waals surface area contributed by atoms with Gasteiger partial charge in [-0.05, 0) is 0 Å². The van der Waals surface area contributed by atoms with Crippen molar-refractivity contribution in [1.29, 1.82) is 0 Å². The van der Waals surface area contributed by atoms with Crippen molar-refractivity contribution >= 4 is 0 Å². The Bertz CT molecular complexity index is 171. The summed E-state index contributed by atoms with van der Waals surface area (Å²) in [5.41, 5.74) is 0. The molecular weight excluding hydrogens is 228 g/mol. The molecule has 86 valence electrons. The van der Waals surface area contributed by atoms with Crippen LogP contribution in [0.5, 0.6) is 0 Å². The summed E-state index contributed by atoms with van der Waals surface area (Å²) in [4.78, 5) is 0. The van der Waals surface area contributed by atoms with E-state index in [4.69, 9.17) is 0 Å². The highest BCUT2D eigenvalue weighted by molar-refractivity contribution is 4.81. The molecule has 14 heavy (non-hydrogen) atoms. The molecule has 0 aliphatic carbocycles. The van der Waals surface area contributed by atoms with Gasteiger partial charge in [0.05, 0.1) is 0 Å². The maximum absolute atomic E-state index is 12.1. The zero-order valence-corrected chi connectivity index (χ0v) is 6.24. The fourth-order valence-electron chi connectivity index (χ4n) is 0.474. The highest BCUT2D eigenvalue weighted by atomic mass is 19.3.